The maximum atomic E-state index is 6.10. The third kappa shape index (κ3) is 2.04. The van der Waals surface area contributed by atoms with E-state index in [1.807, 2.05) is 18.2 Å². The highest BCUT2D eigenvalue weighted by Gasteiger charge is 2.45. The summed E-state index contributed by atoms with van der Waals surface area (Å²) in [5.41, 5.74) is 7.26. The molecule has 2 N–H and O–H groups in total. The summed E-state index contributed by atoms with van der Waals surface area (Å²) in [6, 6.07) is 5.95. The van der Waals surface area contributed by atoms with Crippen LogP contribution in [0.1, 0.15) is 37.7 Å². The van der Waals surface area contributed by atoms with Crippen LogP contribution in [0, 0.1) is 0 Å². The number of hydrogen-bond donors (Lipinski definition) is 1. The molecule has 2 saturated carbocycles. The van der Waals surface area contributed by atoms with Gasteiger partial charge in [-0.05, 0) is 50.3 Å². The minimum atomic E-state index is 0.143. The zero-order valence-electron chi connectivity index (χ0n) is 9.92. The van der Waals surface area contributed by atoms with Crippen molar-refractivity contribution in [2.24, 2.45) is 5.73 Å². The Morgan fingerprint density at radius 2 is 2.12 bits per heavy atom. The number of halogens is 1. The van der Waals surface area contributed by atoms with Gasteiger partial charge >= 0.3 is 0 Å². The Hall–Kier alpha value is -0.730. The zero-order valence-corrected chi connectivity index (χ0v) is 10.7. The van der Waals surface area contributed by atoms with Crippen LogP contribution in [-0.4, -0.2) is 12.6 Å². The maximum absolute atomic E-state index is 6.10. The quantitative estimate of drug-likeness (QED) is 0.892. The van der Waals surface area contributed by atoms with Gasteiger partial charge in [0.15, 0.2) is 0 Å². The fourth-order valence-corrected chi connectivity index (χ4v) is 2.59. The molecule has 0 unspecified atom stereocenters. The van der Waals surface area contributed by atoms with E-state index in [-0.39, 0.29) is 5.41 Å². The number of benzene rings is 1. The number of hydrogen-bond acceptors (Lipinski definition) is 2. The summed E-state index contributed by atoms with van der Waals surface area (Å²) in [4.78, 5) is 0. The molecule has 0 bridgehead atoms. The zero-order chi connectivity index (χ0) is 11.9. The van der Waals surface area contributed by atoms with Gasteiger partial charge in [0.1, 0.15) is 5.75 Å². The van der Waals surface area contributed by atoms with E-state index in [0.717, 1.165) is 23.6 Å². The molecule has 0 aliphatic heterocycles. The lowest BCUT2D eigenvalue weighted by atomic mass is 9.93. The molecule has 0 amide bonds. The third-order valence-corrected chi connectivity index (χ3v) is 4.34. The van der Waals surface area contributed by atoms with E-state index in [4.69, 9.17) is 22.1 Å². The van der Waals surface area contributed by atoms with Crippen molar-refractivity contribution in [2.75, 3.05) is 6.54 Å². The molecule has 0 atom stereocenters. The van der Waals surface area contributed by atoms with Crippen molar-refractivity contribution in [3.05, 3.63) is 28.8 Å². The maximum Gasteiger partial charge on any atom is 0.123 e. The summed E-state index contributed by atoms with van der Waals surface area (Å²) >= 11 is 6.10. The lowest BCUT2D eigenvalue weighted by molar-refractivity contribution is 0.118. The van der Waals surface area contributed by atoms with Crippen LogP contribution in [0.4, 0.5) is 0 Å². The molecule has 0 aromatic heterocycles. The van der Waals surface area contributed by atoms with Crippen molar-refractivity contribution >= 4 is 11.6 Å². The summed E-state index contributed by atoms with van der Waals surface area (Å²) in [7, 11) is 0. The molecule has 3 heteroatoms. The van der Waals surface area contributed by atoms with Gasteiger partial charge in [-0.3, -0.25) is 0 Å². The average molecular weight is 252 g/mol. The van der Waals surface area contributed by atoms with Crippen LogP contribution in [0.5, 0.6) is 5.75 Å². The fourth-order valence-electron chi connectivity index (χ4n) is 2.42. The predicted octanol–water partition coefficient (Wildman–Crippen LogP) is 3.26. The van der Waals surface area contributed by atoms with Crippen LogP contribution >= 0.6 is 11.6 Å². The van der Waals surface area contributed by atoms with E-state index in [9.17, 15) is 0 Å². The standard InChI is InChI=1S/C14H18ClNO/c15-10-4-5-13(17-11-2-1-3-11)12(8-10)14(9-16)6-7-14/h4-5,8,11H,1-3,6-7,9,16H2. The van der Waals surface area contributed by atoms with Gasteiger partial charge in [-0.1, -0.05) is 11.6 Å². The molecule has 0 saturated heterocycles. The summed E-state index contributed by atoms with van der Waals surface area (Å²) in [5, 5.41) is 0.778. The Labute approximate surface area is 107 Å². The third-order valence-electron chi connectivity index (χ3n) is 4.10. The number of nitrogens with two attached hydrogens (primary N) is 1. The van der Waals surface area contributed by atoms with E-state index in [1.165, 1.54) is 24.8 Å². The molecule has 17 heavy (non-hydrogen) atoms. The second-order valence-electron chi connectivity index (χ2n) is 5.30. The summed E-state index contributed by atoms with van der Waals surface area (Å²) in [6.07, 6.45) is 6.37. The lowest BCUT2D eigenvalue weighted by Crippen LogP contribution is -2.27. The Kier molecular flexibility index (Phi) is 2.80. The van der Waals surface area contributed by atoms with Gasteiger partial charge in [-0.15, -0.1) is 0 Å². The van der Waals surface area contributed by atoms with Gasteiger partial charge in [0.05, 0.1) is 6.10 Å². The minimum Gasteiger partial charge on any atom is -0.490 e. The Bertz CT molecular complexity index is 424. The molecule has 2 fully saturated rings. The highest BCUT2D eigenvalue weighted by atomic mass is 35.5. The molecule has 3 rings (SSSR count). The predicted molar refractivity (Wildman–Crippen MR) is 69.7 cm³/mol. The van der Waals surface area contributed by atoms with Crippen molar-refractivity contribution < 1.29 is 4.74 Å². The summed E-state index contributed by atoms with van der Waals surface area (Å²) < 4.78 is 6.05. The van der Waals surface area contributed by atoms with E-state index in [1.54, 1.807) is 0 Å². The van der Waals surface area contributed by atoms with Gasteiger partial charge in [0, 0.05) is 22.5 Å². The van der Waals surface area contributed by atoms with Crippen LogP contribution in [-0.2, 0) is 5.41 Å². The van der Waals surface area contributed by atoms with Crippen molar-refractivity contribution in [1.29, 1.82) is 0 Å². The van der Waals surface area contributed by atoms with E-state index >= 15 is 0 Å². The molecule has 1 aromatic rings. The average Bonchev–Trinajstić information content (AvgIpc) is 3.05. The first-order valence-electron chi connectivity index (χ1n) is 6.40. The van der Waals surface area contributed by atoms with Crippen LogP contribution in [0.15, 0.2) is 18.2 Å². The number of rotatable bonds is 4. The topological polar surface area (TPSA) is 35.2 Å². The first-order chi connectivity index (χ1) is 8.23. The van der Waals surface area contributed by atoms with E-state index in [2.05, 4.69) is 0 Å². The molecular weight excluding hydrogens is 234 g/mol. The highest BCUT2D eigenvalue weighted by Crippen LogP contribution is 2.51. The van der Waals surface area contributed by atoms with E-state index in [0.29, 0.717) is 12.6 Å². The van der Waals surface area contributed by atoms with Crippen molar-refractivity contribution in [2.45, 2.75) is 43.6 Å². The van der Waals surface area contributed by atoms with Crippen molar-refractivity contribution in [1.82, 2.24) is 0 Å². The minimum absolute atomic E-state index is 0.143. The first kappa shape index (κ1) is 11.4. The molecule has 0 radical (unpaired) electrons. The van der Waals surface area contributed by atoms with Gasteiger partial charge in [0.2, 0.25) is 0 Å². The molecule has 2 nitrogen and oxygen atoms in total. The molecule has 2 aliphatic carbocycles. The van der Waals surface area contributed by atoms with E-state index < -0.39 is 0 Å². The normalized spacial score (nSPS) is 22.0. The van der Waals surface area contributed by atoms with Crippen molar-refractivity contribution in [3.63, 3.8) is 0 Å². The van der Waals surface area contributed by atoms with Crippen LogP contribution in [0.25, 0.3) is 0 Å². The second kappa shape index (κ2) is 4.18. The smallest absolute Gasteiger partial charge is 0.123 e. The highest BCUT2D eigenvalue weighted by molar-refractivity contribution is 6.30. The van der Waals surface area contributed by atoms with Crippen LogP contribution < -0.4 is 10.5 Å². The van der Waals surface area contributed by atoms with Gasteiger partial charge < -0.3 is 10.5 Å². The SMILES string of the molecule is NCC1(c2cc(Cl)ccc2OC2CCC2)CC1. The molecule has 0 heterocycles. The van der Waals surface area contributed by atoms with Crippen LogP contribution in [0.2, 0.25) is 5.02 Å². The fraction of sp³-hybridized carbons (Fsp3) is 0.571. The summed E-state index contributed by atoms with van der Waals surface area (Å²) in [6.45, 7) is 0.689. The van der Waals surface area contributed by atoms with Crippen LogP contribution in [0.3, 0.4) is 0 Å². The van der Waals surface area contributed by atoms with Gasteiger partial charge in [-0.2, -0.15) is 0 Å². The Balaban J connectivity index is 1.90. The second-order valence-corrected chi connectivity index (χ2v) is 5.73. The van der Waals surface area contributed by atoms with Crippen molar-refractivity contribution in [3.8, 4) is 5.75 Å². The largest absolute Gasteiger partial charge is 0.490 e. The molecule has 2 aliphatic rings. The molecule has 92 valence electrons. The molecule has 1 aromatic carbocycles. The molecule has 0 spiro atoms. The lowest BCUT2D eigenvalue weighted by Gasteiger charge is -2.29. The first-order valence-corrected chi connectivity index (χ1v) is 6.78. The molecular formula is C14H18ClNO. The van der Waals surface area contributed by atoms with Gasteiger partial charge in [-0.25, -0.2) is 0 Å². The summed E-state index contributed by atoms with van der Waals surface area (Å²) in [5.74, 6) is 1.00. The Morgan fingerprint density at radius 3 is 2.65 bits per heavy atom. The van der Waals surface area contributed by atoms with Gasteiger partial charge in [0.25, 0.3) is 0 Å². The monoisotopic (exact) mass is 251 g/mol. The Morgan fingerprint density at radius 1 is 1.35 bits per heavy atom. The number of ether oxygens (including phenoxy) is 1.